The SMILES string of the molecule is CC(=O)c1cccc(NC(=O)C(C)Oc2cc(C)ccc2C(N)=O)c1. The van der Waals surface area contributed by atoms with Gasteiger partial charge in [-0.1, -0.05) is 18.2 Å². The number of aryl methyl sites for hydroxylation is 1. The Labute approximate surface area is 146 Å². The number of nitrogens with two attached hydrogens (primary N) is 1. The van der Waals surface area contributed by atoms with Crippen LogP contribution in [-0.2, 0) is 4.79 Å². The standard InChI is InChI=1S/C19H20N2O4/c1-11-7-8-16(18(20)23)17(9-11)25-13(3)19(24)21-15-6-4-5-14(10-15)12(2)22/h4-10,13H,1-3H3,(H2,20,23)(H,21,24). The summed E-state index contributed by atoms with van der Waals surface area (Å²) in [5, 5.41) is 2.69. The predicted molar refractivity (Wildman–Crippen MR) is 94.9 cm³/mol. The fraction of sp³-hybridized carbons (Fsp3) is 0.211. The van der Waals surface area contributed by atoms with Crippen LogP contribution in [0.4, 0.5) is 5.69 Å². The zero-order chi connectivity index (χ0) is 18.6. The van der Waals surface area contributed by atoms with Crippen molar-refractivity contribution in [1.82, 2.24) is 0 Å². The second-order valence-corrected chi connectivity index (χ2v) is 5.75. The molecule has 0 spiro atoms. The molecule has 6 nitrogen and oxygen atoms in total. The van der Waals surface area contributed by atoms with Crippen LogP contribution in [0.3, 0.4) is 0 Å². The molecular formula is C19H20N2O4. The highest BCUT2D eigenvalue weighted by Gasteiger charge is 2.18. The molecule has 0 aliphatic heterocycles. The first-order valence-corrected chi connectivity index (χ1v) is 7.77. The summed E-state index contributed by atoms with van der Waals surface area (Å²) >= 11 is 0. The van der Waals surface area contributed by atoms with E-state index in [2.05, 4.69) is 5.32 Å². The molecule has 1 unspecified atom stereocenters. The molecule has 0 saturated carbocycles. The number of anilines is 1. The molecule has 0 aliphatic rings. The van der Waals surface area contributed by atoms with E-state index in [0.717, 1.165) is 5.56 Å². The van der Waals surface area contributed by atoms with E-state index in [9.17, 15) is 14.4 Å². The van der Waals surface area contributed by atoms with Gasteiger partial charge in [0.2, 0.25) is 0 Å². The number of Topliss-reactive ketones (excluding diaryl/α,β-unsaturated/α-hetero) is 1. The maximum atomic E-state index is 12.3. The van der Waals surface area contributed by atoms with E-state index in [1.54, 1.807) is 49.4 Å². The van der Waals surface area contributed by atoms with E-state index in [1.165, 1.54) is 6.92 Å². The average Bonchev–Trinajstić information content (AvgIpc) is 2.54. The van der Waals surface area contributed by atoms with Crippen molar-refractivity contribution in [3.63, 3.8) is 0 Å². The van der Waals surface area contributed by atoms with E-state index in [-0.39, 0.29) is 17.1 Å². The number of ketones is 1. The minimum absolute atomic E-state index is 0.0914. The summed E-state index contributed by atoms with van der Waals surface area (Å²) in [6.07, 6.45) is -0.860. The molecule has 2 aromatic rings. The first-order valence-electron chi connectivity index (χ1n) is 7.77. The van der Waals surface area contributed by atoms with Crippen LogP contribution in [0.2, 0.25) is 0 Å². The van der Waals surface area contributed by atoms with E-state index < -0.39 is 17.9 Å². The van der Waals surface area contributed by atoms with E-state index in [0.29, 0.717) is 11.3 Å². The molecule has 1 atom stereocenters. The Bertz CT molecular complexity index is 830. The van der Waals surface area contributed by atoms with E-state index in [1.807, 2.05) is 6.92 Å². The number of nitrogens with one attached hydrogen (secondary N) is 1. The lowest BCUT2D eigenvalue weighted by Gasteiger charge is -2.17. The highest BCUT2D eigenvalue weighted by atomic mass is 16.5. The summed E-state index contributed by atoms with van der Waals surface area (Å²) in [4.78, 5) is 35.2. The summed E-state index contributed by atoms with van der Waals surface area (Å²) in [5.41, 5.74) is 7.42. The van der Waals surface area contributed by atoms with Crippen molar-refractivity contribution in [1.29, 1.82) is 0 Å². The Morgan fingerprint density at radius 1 is 1.12 bits per heavy atom. The molecule has 25 heavy (non-hydrogen) atoms. The minimum atomic E-state index is -0.860. The molecule has 0 bridgehead atoms. The highest BCUT2D eigenvalue weighted by Crippen LogP contribution is 2.22. The molecule has 0 aliphatic carbocycles. The molecule has 2 aromatic carbocycles. The molecule has 0 saturated heterocycles. The zero-order valence-corrected chi connectivity index (χ0v) is 14.3. The third kappa shape index (κ3) is 4.67. The smallest absolute Gasteiger partial charge is 0.265 e. The predicted octanol–water partition coefficient (Wildman–Crippen LogP) is 2.70. The number of rotatable bonds is 6. The number of primary amides is 1. The normalized spacial score (nSPS) is 11.5. The molecule has 130 valence electrons. The van der Waals surface area contributed by atoms with Gasteiger partial charge >= 0.3 is 0 Å². The van der Waals surface area contributed by atoms with Crippen molar-refractivity contribution in [3.05, 3.63) is 59.2 Å². The number of carbonyl (C=O) groups excluding carboxylic acids is 3. The highest BCUT2D eigenvalue weighted by molar-refractivity contribution is 5.98. The summed E-state index contributed by atoms with van der Waals surface area (Å²) in [6.45, 7) is 4.86. The number of hydrogen-bond acceptors (Lipinski definition) is 4. The van der Waals surface area contributed by atoms with Gasteiger partial charge in [0.25, 0.3) is 11.8 Å². The van der Waals surface area contributed by atoms with Gasteiger partial charge in [0.05, 0.1) is 5.56 Å². The maximum Gasteiger partial charge on any atom is 0.265 e. The molecule has 0 heterocycles. The second-order valence-electron chi connectivity index (χ2n) is 5.75. The number of benzene rings is 2. The summed E-state index contributed by atoms with van der Waals surface area (Å²) in [7, 11) is 0. The minimum Gasteiger partial charge on any atom is -0.480 e. The van der Waals surface area contributed by atoms with Gasteiger partial charge in [-0.15, -0.1) is 0 Å². The second kappa shape index (κ2) is 7.61. The van der Waals surface area contributed by atoms with Crippen molar-refractivity contribution in [2.24, 2.45) is 5.73 Å². The first kappa shape index (κ1) is 18.2. The van der Waals surface area contributed by atoms with Crippen LogP contribution in [0.25, 0.3) is 0 Å². The van der Waals surface area contributed by atoms with Crippen LogP contribution < -0.4 is 15.8 Å². The van der Waals surface area contributed by atoms with Crippen LogP contribution in [0, 0.1) is 6.92 Å². The number of carbonyl (C=O) groups is 3. The van der Waals surface area contributed by atoms with Crippen LogP contribution in [0.1, 0.15) is 40.1 Å². The quantitative estimate of drug-likeness (QED) is 0.790. The van der Waals surface area contributed by atoms with Crippen LogP contribution in [-0.4, -0.2) is 23.7 Å². The summed E-state index contributed by atoms with van der Waals surface area (Å²) in [5.74, 6) is -0.867. The lowest BCUT2D eigenvalue weighted by atomic mass is 10.1. The van der Waals surface area contributed by atoms with Gasteiger partial charge in [-0.2, -0.15) is 0 Å². The molecule has 0 fully saturated rings. The van der Waals surface area contributed by atoms with Gasteiger partial charge in [0.15, 0.2) is 11.9 Å². The molecule has 2 rings (SSSR count). The maximum absolute atomic E-state index is 12.3. The third-order valence-electron chi connectivity index (χ3n) is 3.61. The van der Waals surface area contributed by atoms with Crippen LogP contribution >= 0.6 is 0 Å². The van der Waals surface area contributed by atoms with Gasteiger partial charge in [0, 0.05) is 11.3 Å². The van der Waals surface area contributed by atoms with Crippen molar-refractivity contribution in [3.8, 4) is 5.75 Å². The Hall–Kier alpha value is -3.15. The topological polar surface area (TPSA) is 98.5 Å². The Balaban J connectivity index is 2.13. The van der Waals surface area contributed by atoms with Crippen molar-refractivity contribution < 1.29 is 19.1 Å². The Morgan fingerprint density at radius 3 is 2.48 bits per heavy atom. The van der Waals surface area contributed by atoms with Gasteiger partial charge < -0.3 is 15.8 Å². The third-order valence-corrected chi connectivity index (χ3v) is 3.61. The largest absolute Gasteiger partial charge is 0.480 e. The first-order chi connectivity index (χ1) is 11.8. The van der Waals surface area contributed by atoms with E-state index >= 15 is 0 Å². The van der Waals surface area contributed by atoms with Gasteiger partial charge in [-0.05, 0) is 50.6 Å². The van der Waals surface area contributed by atoms with Crippen LogP contribution in [0.15, 0.2) is 42.5 Å². The average molecular weight is 340 g/mol. The molecule has 3 N–H and O–H groups in total. The fourth-order valence-electron chi connectivity index (χ4n) is 2.23. The zero-order valence-electron chi connectivity index (χ0n) is 14.3. The fourth-order valence-corrected chi connectivity index (χ4v) is 2.23. The lowest BCUT2D eigenvalue weighted by Crippen LogP contribution is -2.31. The monoisotopic (exact) mass is 340 g/mol. The van der Waals surface area contributed by atoms with Crippen molar-refractivity contribution in [2.75, 3.05) is 5.32 Å². The number of ether oxygens (including phenoxy) is 1. The van der Waals surface area contributed by atoms with E-state index in [4.69, 9.17) is 10.5 Å². The molecule has 6 heteroatoms. The number of amides is 2. The van der Waals surface area contributed by atoms with Gasteiger partial charge in [-0.3, -0.25) is 14.4 Å². The summed E-state index contributed by atoms with van der Waals surface area (Å²) < 4.78 is 5.62. The Morgan fingerprint density at radius 2 is 1.84 bits per heavy atom. The number of hydrogen-bond donors (Lipinski definition) is 2. The Kier molecular flexibility index (Phi) is 5.54. The van der Waals surface area contributed by atoms with Crippen molar-refractivity contribution >= 4 is 23.3 Å². The molecular weight excluding hydrogens is 320 g/mol. The van der Waals surface area contributed by atoms with Gasteiger partial charge in [0.1, 0.15) is 5.75 Å². The molecule has 0 aromatic heterocycles. The summed E-state index contributed by atoms with van der Waals surface area (Å²) in [6, 6.07) is 11.6. The molecule has 0 radical (unpaired) electrons. The van der Waals surface area contributed by atoms with Crippen LogP contribution in [0.5, 0.6) is 5.75 Å². The lowest BCUT2D eigenvalue weighted by molar-refractivity contribution is -0.122. The van der Waals surface area contributed by atoms with Crippen molar-refractivity contribution in [2.45, 2.75) is 26.9 Å². The molecule has 2 amide bonds. The van der Waals surface area contributed by atoms with Gasteiger partial charge in [-0.25, -0.2) is 0 Å².